The Kier molecular flexibility index (Phi) is 4.18. The first-order chi connectivity index (χ1) is 8.66. The van der Waals surface area contributed by atoms with Gasteiger partial charge >= 0.3 is 0 Å². The van der Waals surface area contributed by atoms with Crippen LogP contribution in [0.25, 0.3) is 0 Å². The molecular weight excluding hydrogens is 253 g/mol. The maximum absolute atomic E-state index is 12.7. The molecule has 4 heteroatoms. The van der Waals surface area contributed by atoms with Gasteiger partial charge in [0.25, 0.3) is 0 Å². The minimum atomic E-state index is -0.707. The van der Waals surface area contributed by atoms with E-state index in [0.717, 1.165) is 5.69 Å². The van der Waals surface area contributed by atoms with Crippen molar-refractivity contribution in [3.05, 3.63) is 64.9 Å². The molecular formula is C14H13ClFNO. The van der Waals surface area contributed by atoms with Gasteiger partial charge in [0.15, 0.2) is 0 Å². The molecule has 1 unspecified atom stereocenters. The number of para-hydroxylation sites is 1. The zero-order chi connectivity index (χ0) is 13.0. The van der Waals surface area contributed by atoms with E-state index in [0.29, 0.717) is 17.1 Å². The first-order valence-electron chi connectivity index (χ1n) is 5.59. The maximum Gasteiger partial charge on any atom is 0.123 e. The molecule has 2 N–H and O–H groups in total. The second kappa shape index (κ2) is 5.85. The summed E-state index contributed by atoms with van der Waals surface area (Å²) in [6, 6.07) is 13.1. The van der Waals surface area contributed by atoms with Crippen molar-refractivity contribution < 1.29 is 9.50 Å². The lowest BCUT2D eigenvalue weighted by Gasteiger charge is -2.14. The number of hydrogen-bond acceptors (Lipinski definition) is 2. The summed E-state index contributed by atoms with van der Waals surface area (Å²) < 4.78 is 12.7. The fraction of sp³-hybridized carbons (Fsp3) is 0.143. The Morgan fingerprint density at radius 2 is 1.78 bits per heavy atom. The van der Waals surface area contributed by atoms with Gasteiger partial charge in [0, 0.05) is 6.54 Å². The third kappa shape index (κ3) is 3.22. The maximum atomic E-state index is 12.7. The van der Waals surface area contributed by atoms with Crippen LogP contribution >= 0.6 is 11.6 Å². The van der Waals surface area contributed by atoms with Crippen molar-refractivity contribution >= 4 is 17.3 Å². The molecule has 2 aromatic carbocycles. The minimum absolute atomic E-state index is 0.315. The Bertz CT molecular complexity index is 515. The van der Waals surface area contributed by atoms with Gasteiger partial charge in [-0.15, -0.1) is 0 Å². The molecule has 0 bridgehead atoms. The molecule has 0 radical (unpaired) electrons. The minimum Gasteiger partial charge on any atom is -0.387 e. The highest BCUT2D eigenvalue weighted by Gasteiger charge is 2.08. The van der Waals surface area contributed by atoms with Crippen molar-refractivity contribution in [3.8, 4) is 0 Å². The summed E-state index contributed by atoms with van der Waals surface area (Å²) in [5, 5.41) is 13.6. The second-order valence-corrected chi connectivity index (χ2v) is 4.34. The van der Waals surface area contributed by atoms with Crippen LogP contribution in [0.15, 0.2) is 48.5 Å². The monoisotopic (exact) mass is 265 g/mol. The lowest BCUT2D eigenvalue weighted by molar-refractivity contribution is 0.191. The van der Waals surface area contributed by atoms with Crippen LogP contribution in [0.4, 0.5) is 10.1 Å². The fourth-order valence-corrected chi connectivity index (χ4v) is 1.82. The zero-order valence-electron chi connectivity index (χ0n) is 9.61. The van der Waals surface area contributed by atoms with Gasteiger partial charge in [-0.3, -0.25) is 0 Å². The number of anilines is 1. The number of aliphatic hydroxyl groups is 1. The molecule has 1 atom stereocenters. The van der Waals surface area contributed by atoms with Gasteiger partial charge < -0.3 is 10.4 Å². The van der Waals surface area contributed by atoms with Crippen LogP contribution in [0.3, 0.4) is 0 Å². The largest absolute Gasteiger partial charge is 0.387 e. The lowest BCUT2D eigenvalue weighted by Crippen LogP contribution is -2.12. The predicted octanol–water partition coefficient (Wildman–Crippen LogP) is 3.62. The van der Waals surface area contributed by atoms with E-state index in [2.05, 4.69) is 5.32 Å². The van der Waals surface area contributed by atoms with E-state index in [1.54, 1.807) is 18.2 Å². The van der Waals surface area contributed by atoms with Crippen molar-refractivity contribution in [1.29, 1.82) is 0 Å². The number of rotatable bonds is 4. The molecule has 18 heavy (non-hydrogen) atoms. The molecule has 0 saturated heterocycles. The summed E-state index contributed by atoms with van der Waals surface area (Å²) >= 11 is 5.98. The Morgan fingerprint density at radius 3 is 2.44 bits per heavy atom. The molecule has 0 aromatic heterocycles. The molecule has 0 fully saturated rings. The smallest absolute Gasteiger partial charge is 0.123 e. The number of nitrogens with one attached hydrogen (secondary N) is 1. The van der Waals surface area contributed by atoms with Gasteiger partial charge in [-0.25, -0.2) is 4.39 Å². The van der Waals surface area contributed by atoms with E-state index in [1.807, 2.05) is 18.2 Å². The molecule has 94 valence electrons. The molecule has 2 aromatic rings. The Balaban J connectivity index is 1.98. The SMILES string of the molecule is OC(CNc1ccccc1Cl)c1ccc(F)cc1. The average molecular weight is 266 g/mol. The van der Waals surface area contributed by atoms with Crippen LogP contribution in [0.1, 0.15) is 11.7 Å². The van der Waals surface area contributed by atoms with E-state index in [1.165, 1.54) is 12.1 Å². The van der Waals surface area contributed by atoms with Crippen molar-refractivity contribution in [3.63, 3.8) is 0 Å². The highest BCUT2D eigenvalue weighted by Crippen LogP contribution is 2.22. The van der Waals surface area contributed by atoms with Gasteiger partial charge in [0.1, 0.15) is 5.82 Å². The summed E-state index contributed by atoms with van der Waals surface area (Å²) in [7, 11) is 0. The molecule has 2 rings (SSSR count). The van der Waals surface area contributed by atoms with E-state index in [9.17, 15) is 9.50 Å². The summed E-state index contributed by atoms with van der Waals surface area (Å²) in [6.45, 7) is 0.315. The number of aliphatic hydroxyl groups excluding tert-OH is 1. The van der Waals surface area contributed by atoms with Crippen molar-refractivity contribution in [1.82, 2.24) is 0 Å². The molecule has 0 saturated carbocycles. The third-order valence-electron chi connectivity index (χ3n) is 2.61. The standard InChI is InChI=1S/C14H13ClFNO/c15-12-3-1-2-4-13(12)17-9-14(18)10-5-7-11(16)8-6-10/h1-8,14,17-18H,9H2. The molecule has 0 aliphatic rings. The van der Waals surface area contributed by atoms with E-state index < -0.39 is 6.10 Å². The third-order valence-corrected chi connectivity index (χ3v) is 2.94. The quantitative estimate of drug-likeness (QED) is 0.885. The van der Waals surface area contributed by atoms with Gasteiger partial charge in [-0.05, 0) is 29.8 Å². The van der Waals surface area contributed by atoms with E-state index in [4.69, 9.17) is 11.6 Å². The van der Waals surface area contributed by atoms with Gasteiger partial charge in [-0.2, -0.15) is 0 Å². The summed E-state index contributed by atoms with van der Waals surface area (Å²) in [5.41, 5.74) is 1.43. The molecule has 0 aliphatic carbocycles. The Morgan fingerprint density at radius 1 is 1.11 bits per heavy atom. The number of benzene rings is 2. The summed E-state index contributed by atoms with van der Waals surface area (Å²) in [6.07, 6.45) is -0.707. The van der Waals surface area contributed by atoms with Gasteiger partial charge in [0.05, 0.1) is 16.8 Å². The van der Waals surface area contributed by atoms with E-state index in [-0.39, 0.29) is 5.82 Å². The molecule has 0 heterocycles. The van der Waals surface area contributed by atoms with Crippen LogP contribution < -0.4 is 5.32 Å². The predicted molar refractivity (Wildman–Crippen MR) is 71.3 cm³/mol. The lowest BCUT2D eigenvalue weighted by atomic mass is 10.1. The highest BCUT2D eigenvalue weighted by atomic mass is 35.5. The molecule has 2 nitrogen and oxygen atoms in total. The molecule has 0 amide bonds. The Labute approximate surface area is 110 Å². The molecule has 0 aliphatic heterocycles. The van der Waals surface area contributed by atoms with Crippen LogP contribution in [-0.2, 0) is 0 Å². The normalized spacial score (nSPS) is 12.2. The van der Waals surface area contributed by atoms with Crippen LogP contribution in [0.5, 0.6) is 0 Å². The first-order valence-corrected chi connectivity index (χ1v) is 5.96. The zero-order valence-corrected chi connectivity index (χ0v) is 10.4. The van der Waals surface area contributed by atoms with Crippen molar-refractivity contribution in [2.45, 2.75) is 6.10 Å². The number of halogens is 2. The van der Waals surface area contributed by atoms with Gasteiger partial charge in [0.2, 0.25) is 0 Å². The summed E-state index contributed by atoms with van der Waals surface area (Å²) in [4.78, 5) is 0. The van der Waals surface area contributed by atoms with Crippen molar-refractivity contribution in [2.24, 2.45) is 0 Å². The number of hydrogen-bond donors (Lipinski definition) is 2. The van der Waals surface area contributed by atoms with Crippen LogP contribution in [-0.4, -0.2) is 11.7 Å². The Hall–Kier alpha value is -1.58. The summed E-state index contributed by atoms with van der Waals surface area (Å²) in [5.74, 6) is -0.315. The van der Waals surface area contributed by atoms with Crippen molar-refractivity contribution in [2.75, 3.05) is 11.9 Å². The van der Waals surface area contributed by atoms with E-state index >= 15 is 0 Å². The fourth-order valence-electron chi connectivity index (χ4n) is 1.61. The average Bonchev–Trinajstić information content (AvgIpc) is 2.38. The molecule has 0 spiro atoms. The highest BCUT2D eigenvalue weighted by molar-refractivity contribution is 6.33. The topological polar surface area (TPSA) is 32.3 Å². The second-order valence-electron chi connectivity index (χ2n) is 3.93. The first kappa shape index (κ1) is 12.9. The van der Waals surface area contributed by atoms with Crippen LogP contribution in [0.2, 0.25) is 5.02 Å². The van der Waals surface area contributed by atoms with Gasteiger partial charge in [-0.1, -0.05) is 35.9 Å². The van der Waals surface area contributed by atoms with Crippen LogP contribution in [0, 0.1) is 5.82 Å².